The minimum Gasteiger partial charge on any atom is -0.472 e. The number of benzene rings is 1. The summed E-state index contributed by atoms with van der Waals surface area (Å²) < 4.78 is 48.1. The lowest BCUT2D eigenvalue weighted by Crippen LogP contribution is -2.40. The molecule has 1 aromatic carbocycles. The zero-order valence-corrected chi connectivity index (χ0v) is 17.3. The highest BCUT2D eigenvalue weighted by Crippen LogP contribution is 2.30. The highest BCUT2D eigenvalue weighted by atomic mass is 19.1. The highest BCUT2D eigenvalue weighted by molar-refractivity contribution is 5.96. The van der Waals surface area contributed by atoms with Gasteiger partial charge in [-0.05, 0) is 42.0 Å². The predicted octanol–water partition coefficient (Wildman–Crippen LogP) is 2.97. The Morgan fingerprint density at radius 3 is 2.53 bits per heavy atom. The number of hydrogen-bond donors (Lipinski definition) is 2. The molecule has 0 radical (unpaired) electrons. The largest absolute Gasteiger partial charge is 0.472 e. The molecular formula is C24H16F3N3O4. The second-order valence-electron chi connectivity index (χ2n) is 7.44. The van der Waals surface area contributed by atoms with Gasteiger partial charge in [0.25, 0.3) is 0 Å². The standard InChI is InChI=1S/C24H16F3N3O4/c25-14-2-1-3-15(26)22(14)23-16(27)4-5-17(30-23)18(31)8-12-11-29-7-6-13(12)20-9-19(32)24(33)21(10-28)34-20/h1-7,9,11,19,21,24,32-33H,8H2/t19-,21-,24+/m1/s1. The number of aliphatic hydroxyl groups is 2. The molecular weight excluding hydrogens is 451 g/mol. The van der Waals surface area contributed by atoms with E-state index in [1.807, 2.05) is 0 Å². The second kappa shape index (κ2) is 9.43. The Morgan fingerprint density at radius 1 is 1.09 bits per heavy atom. The molecule has 1 aliphatic heterocycles. The SMILES string of the molecule is N#C[C@H]1OC(c2ccncc2CC(=O)c2ccc(F)c(-c3c(F)cccc3F)n2)=C[C@@H](O)[C@@H]1O. The molecule has 7 nitrogen and oxygen atoms in total. The molecule has 0 spiro atoms. The summed E-state index contributed by atoms with van der Waals surface area (Å²) in [5.41, 5.74) is -0.911. The van der Waals surface area contributed by atoms with E-state index in [9.17, 15) is 28.2 Å². The fraction of sp³-hybridized carbons (Fsp3) is 0.167. The molecule has 2 aromatic heterocycles. The summed E-state index contributed by atoms with van der Waals surface area (Å²) >= 11 is 0. The molecule has 0 saturated carbocycles. The van der Waals surface area contributed by atoms with Crippen LogP contribution < -0.4 is 0 Å². The molecule has 1 aliphatic rings. The van der Waals surface area contributed by atoms with E-state index in [1.165, 1.54) is 24.5 Å². The van der Waals surface area contributed by atoms with Crippen molar-refractivity contribution >= 4 is 11.5 Å². The van der Waals surface area contributed by atoms with Gasteiger partial charge < -0.3 is 14.9 Å². The molecule has 34 heavy (non-hydrogen) atoms. The number of ether oxygens (including phenoxy) is 1. The summed E-state index contributed by atoms with van der Waals surface area (Å²) in [7, 11) is 0. The lowest BCUT2D eigenvalue weighted by molar-refractivity contribution is -0.0311. The van der Waals surface area contributed by atoms with Crippen LogP contribution in [0.5, 0.6) is 0 Å². The molecule has 2 N–H and O–H groups in total. The number of ketones is 1. The summed E-state index contributed by atoms with van der Waals surface area (Å²) in [6, 6.07) is 8.26. The number of nitriles is 1. The second-order valence-corrected chi connectivity index (χ2v) is 7.44. The first-order valence-electron chi connectivity index (χ1n) is 10.0. The number of pyridine rings is 2. The highest BCUT2D eigenvalue weighted by Gasteiger charge is 2.33. The van der Waals surface area contributed by atoms with Crippen molar-refractivity contribution in [2.45, 2.75) is 24.7 Å². The number of rotatable bonds is 5. The zero-order chi connectivity index (χ0) is 24.4. The number of halogens is 3. The van der Waals surface area contributed by atoms with Crippen LogP contribution in [0.25, 0.3) is 17.0 Å². The van der Waals surface area contributed by atoms with Crippen LogP contribution in [0.2, 0.25) is 0 Å². The van der Waals surface area contributed by atoms with Crippen molar-refractivity contribution in [1.82, 2.24) is 9.97 Å². The van der Waals surface area contributed by atoms with Crippen LogP contribution in [0.15, 0.2) is 54.9 Å². The van der Waals surface area contributed by atoms with Crippen molar-refractivity contribution in [3.63, 3.8) is 0 Å². The number of nitrogens with zero attached hydrogens (tertiary/aromatic N) is 3. The van der Waals surface area contributed by atoms with Crippen LogP contribution >= 0.6 is 0 Å². The Morgan fingerprint density at radius 2 is 1.82 bits per heavy atom. The number of carbonyl (C=O) groups is 1. The Labute approximate surface area is 191 Å². The molecule has 3 heterocycles. The van der Waals surface area contributed by atoms with Crippen molar-refractivity contribution in [1.29, 1.82) is 5.26 Å². The Hall–Kier alpha value is -4.07. The van der Waals surface area contributed by atoms with Gasteiger partial charge in [0.2, 0.25) is 6.10 Å². The first-order chi connectivity index (χ1) is 16.3. The number of Topliss-reactive ketones (excluding diaryl/α,β-unsaturated/α-hetero) is 1. The van der Waals surface area contributed by atoms with E-state index in [2.05, 4.69) is 9.97 Å². The lowest BCUT2D eigenvalue weighted by Gasteiger charge is -2.28. The quantitative estimate of drug-likeness (QED) is 0.554. The van der Waals surface area contributed by atoms with Crippen molar-refractivity contribution in [2.75, 3.05) is 0 Å². The summed E-state index contributed by atoms with van der Waals surface area (Å²) in [6.45, 7) is 0. The molecule has 10 heteroatoms. The van der Waals surface area contributed by atoms with Crippen LogP contribution in [-0.2, 0) is 11.2 Å². The lowest BCUT2D eigenvalue weighted by atomic mass is 9.97. The summed E-state index contributed by atoms with van der Waals surface area (Å²) in [6.07, 6.45) is -0.486. The number of carbonyl (C=O) groups excluding carboxylic acids is 1. The van der Waals surface area contributed by atoms with Gasteiger partial charge in [0.1, 0.15) is 52.9 Å². The van der Waals surface area contributed by atoms with Crippen LogP contribution in [0, 0.1) is 28.8 Å². The predicted molar refractivity (Wildman–Crippen MR) is 112 cm³/mol. The van der Waals surface area contributed by atoms with E-state index in [0.717, 1.165) is 30.3 Å². The number of hydrogen-bond acceptors (Lipinski definition) is 7. The van der Waals surface area contributed by atoms with E-state index in [-0.39, 0.29) is 17.9 Å². The monoisotopic (exact) mass is 467 g/mol. The van der Waals surface area contributed by atoms with Gasteiger partial charge in [-0.3, -0.25) is 9.78 Å². The fourth-order valence-electron chi connectivity index (χ4n) is 3.50. The molecule has 0 saturated heterocycles. The maximum absolute atomic E-state index is 14.3. The first kappa shape index (κ1) is 23.1. The third kappa shape index (κ3) is 4.39. The van der Waals surface area contributed by atoms with Gasteiger partial charge >= 0.3 is 0 Å². The van der Waals surface area contributed by atoms with Crippen molar-refractivity contribution in [3.8, 4) is 17.3 Å². The molecule has 0 amide bonds. The maximum Gasteiger partial charge on any atom is 0.212 e. The van der Waals surface area contributed by atoms with Crippen LogP contribution in [0.4, 0.5) is 13.2 Å². The van der Waals surface area contributed by atoms with Crippen molar-refractivity contribution in [2.24, 2.45) is 0 Å². The third-order valence-corrected chi connectivity index (χ3v) is 5.21. The zero-order valence-electron chi connectivity index (χ0n) is 17.3. The van der Waals surface area contributed by atoms with Gasteiger partial charge in [-0.1, -0.05) is 6.07 Å². The molecule has 172 valence electrons. The summed E-state index contributed by atoms with van der Waals surface area (Å²) in [4.78, 5) is 20.8. The van der Waals surface area contributed by atoms with E-state index >= 15 is 0 Å². The Bertz CT molecular complexity index is 1320. The van der Waals surface area contributed by atoms with E-state index in [0.29, 0.717) is 11.1 Å². The number of aliphatic hydroxyl groups excluding tert-OH is 2. The molecule has 3 atom stereocenters. The molecule has 3 aromatic rings. The number of aromatic nitrogens is 2. The average molecular weight is 467 g/mol. The fourth-order valence-corrected chi connectivity index (χ4v) is 3.50. The Kier molecular flexibility index (Phi) is 6.40. The van der Waals surface area contributed by atoms with Crippen LogP contribution in [0.1, 0.15) is 21.6 Å². The van der Waals surface area contributed by atoms with E-state index in [4.69, 9.17) is 10.00 Å². The summed E-state index contributed by atoms with van der Waals surface area (Å²) in [5, 5.41) is 29.0. The topological polar surface area (TPSA) is 116 Å². The molecule has 4 rings (SSSR count). The van der Waals surface area contributed by atoms with E-state index in [1.54, 1.807) is 6.07 Å². The van der Waals surface area contributed by atoms with Gasteiger partial charge in [0.15, 0.2) is 5.78 Å². The molecule has 0 bridgehead atoms. The summed E-state index contributed by atoms with van der Waals surface area (Å²) in [5.74, 6) is -3.60. The van der Waals surface area contributed by atoms with E-state index < -0.39 is 52.8 Å². The van der Waals surface area contributed by atoms with Gasteiger partial charge in [0, 0.05) is 24.4 Å². The molecule has 0 fully saturated rings. The van der Waals surface area contributed by atoms with Gasteiger partial charge in [-0.15, -0.1) is 0 Å². The first-order valence-corrected chi connectivity index (χ1v) is 10.0. The van der Waals surface area contributed by atoms with Gasteiger partial charge in [-0.2, -0.15) is 5.26 Å². The van der Waals surface area contributed by atoms with Crippen LogP contribution in [0.3, 0.4) is 0 Å². The van der Waals surface area contributed by atoms with Gasteiger partial charge in [-0.25, -0.2) is 18.2 Å². The maximum atomic E-state index is 14.3. The normalized spacial score (nSPS) is 19.6. The average Bonchev–Trinajstić information content (AvgIpc) is 2.82. The van der Waals surface area contributed by atoms with Crippen LogP contribution in [-0.4, -0.2) is 44.3 Å². The van der Waals surface area contributed by atoms with Gasteiger partial charge in [0.05, 0.1) is 5.56 Å². The minimum absolute atomic E-state index is 0.0655. The third-order valence-electron chi connectivity index (χ3n) is 5.21. The van der Waals surface area contributed by atoms with Crippen molar-refractivity contribution in [3.05, 3.63) is 89.1 Å². The van der Waals surface area contributed by atoms with Crippen molar-refractivity contribution < 1.29 is 32.9 Å². The Balaban J connectivity index is 1.67. The minimum atomic E-state index is -1.44. The smallest absolute Gasteiger partial charge is 0.212 e. The molecule has 0 unspecified atom stereocenters. The molecule has 0 aliphatic carbocycles.